The van der Waals surface area contributed by atoms with Gasteiger partial charge >= 0.3 is 0 Å². The Morgan fingerprint density at radius 1 is 1.05 bits per heavy atom. The number of carbonyl (C=O) groups is 1. The van der Waals surface area contributed by atoms with E-state index in [-0.39, 0.29) is 29.6 Å². The van der Waals surface area contributed by atoms with Crippen molar-refractivity contribution in [3.63, 3.8) is 0 Å². The second kappa shape index (κ2) is 10.9. The molecule has 5 rings (SSSR count). The summed E-state index contributed by atoms with van der Waals surface area (Å²) >= 11 is 0. The van der Waals surface area contributed by atoms with E-state index in [1.165, 1.54) is 32.4 Å². The van der Waals surface area contributed by atoms with E-state index in [1.807, 2.05) is 6.07 Å². The van der Waals surface area contributed by atoms with Crippen LogP contribution >= 0.6 is 0 Å². The topological polar surface area (TPSA) is 111 Å². The van der Waals surface area contributed by atoms with E-state index >= 15 is 0 Å². The highest BCUT2D eigenvalue weighted by molar-refractivity contribution is 5.99. The summed E-state index contributed by atoms with van der Waals surface area (Å²) in [4.78, 5) is 20.1. The third-order valence-corrected chi connectivity index (χ3v) is 6.22. The average Bonchev–Trinajstić information content (AvgIpc) is 3.24. The minimum absolute atomic E-state index is 0.0274. The Morgan fingerprint density at radius 2 is 1.82 bits per heavy atom. The molecule has 1 amide bonds. The van der Waals surface area contributed by atoms with Gasteiger partial charge in [0.15, 0.2) is 0 Å². The van der Waals surface area contributed by atoms with Crippen LogP contribution in [0.4, 0.5) is 26.0 Å². The van der Waals surface area contributed by atoms with E-state index in [9.17, 15) is 18.7 Å². The standard InChI is InChI=1S/C29H25F2N5O4/c1-16(37)33-18-8-10-26(32-13-18)35-23-12-22(27-20(30)5-4-6-21(27)31)34-24-15-36(29(38)28(23)24)14-17-7-9-19(39-2)11-25(17)40-3/h4-13,15,38H,14H2,1-3H3,(H,32,35)(H,33,37). The van der Waals surface area contributed by atoms with Crippen LogP contribution in [0.3, 0.4) is 0 Å². The number of hydrogen-bond donors (Lipinski definition) is 3. The number of aromatic nitrogens is 3. The quantitative estimate of drug-likeness (QED) is 0.224. The van der Waals surface area contributed by atoms with E-state index in [1.54, 1.807) is 42.1 Å². The molecule has 5 aromatic rings. The first-order valence-electron chi connectivity index (χ1n) is 12.2. The fraction of sp³-hybridized carbons (Fsp3) is 0.138. The van der Waals surface area contributed by atoms with Gasteiger partial charge < -0.3 is 29.8 Å². The van der Waals surface area contributed by atoms with Crippen molar-refractivity contribution >= 4 is 34.0 Å². The van der Waals surface area contributed by atoms with Gasteiger partial charge in [0.25, 0.3) is 0 Å². The van der Waals surface area contributed by atoms with Crippen LogP contribution in [0.5, 0.6) is 17.4 Å². The van der Waals surface area contributed by atoms with Gasteiger partial charge in [-0.3, -0.25) is 4.79 Å². The normalized spacial score (nSPS) is 10.9. The zero-order valence-corrected chi connectivity index (χ0v) is 21.8. The minimum Gasteiger partial charge on any atom is -0.497 e. The summed E-state index contributed by atoms with van der Waals surface area (Å²) in [6.07, 6.45) is 3.05. The van der Waals surface area contributed by atoms with E-state index < -0.39 is 11.6 Å². The fourth-order valence-electron chi connectivity index (χ4n) is 4.38. The molecular formula is C29H25F2N5O4. The number of hydrogen-bond acceptors (Lipinski definition) is 7. The second-order valence-electron chi connectivity index (χ2n) is 8.91. The Labute approximate surface area is 228 Å². The molecule has 204 valence electrons. The lowest BCUT2D eigenvalue weighted by atomic mass is 10.1. The molecule has 3 heterocycles. The van der Waals surface area contributed by atoms with E-state index in [0.717, 1.165) is 17.7 Å². The number of pyridine rings is 2. The van der Waals surface area contributed by atoms with Gasteiger partial charge in [0.1, 0.15) is 29.0 Å². The van der Waals surface area contributed by atoms with Gasteiger partial charge in [-0.15, -0.1) is 0 Å². The fourth-order valence-corrected chi connectivity index (χ4v) is 4.38. The maximum atomic E-state index is 14.7. The number of aromatic hydroxyl groups is 1. The lowest BCUT2D eigenvalue weighted by Gasteiger charge is -2.13. The van der Waals surface area contributed by atoms with Crippen LogP contribution in [0.15, 0.2) is 67.0 Å². The van der Waals surface area contributed by atoms with Gasteiger partial charge in [-0.25, -0.2) is 18.7 Å². The summed E-state index contributed by atoms with van der Waals surface area (Å²) < 4.78 is 41.8. The maximum absolute atomic E-state index is 14.7. The number of methoxy groups -OCH3 is 2. The van der Waals surface area contributed by atoms with Crippen LogP contribution in [-0.4, -0.2) is 39.8 Å². The van der Waals surface area contributed by atoms with Crippen LogP contribution in [0.2, 0.25) is 0 Å². The molecular weight excluding hydrogens is 520 g/mol. The van der Waals surface area contributed by atoms with Crippen molar-refractivity contribution in [3.8, 4) is 28.6 Å². The van der Waals surface area contributed by atoms with Gasteiger partial charge in [-0.05, 0) is 42.5 Å². The van der Waals surface area contributed by atoms with Crippen molar-refractivity contribution in [2.75, 3.05) is 24.9 Å². The van der Waals surface area contributed by atoms with Crippen LogP contribution < -0.4 is 20.1 Å². The number of nitrogens with zero attached hydrogens (tertiary/aromatic N) is 3. The molecule has 0 fully saturated rings. The third-order valence-electron chi connectivity index (χ3n) is 6.22. The zero-order valence-electron chi connectivity index (χ0n) is 21.8. The SMILES string of the molecule is COc1ccc(Cn2cc3nc(-c4c(F)cccc4F)cc(Nc4ccc(NC(C)=O)cn4)c3c2O)c(OC)c1. The Kier molecular flexibility index (Phi) is 7.19. The summed E-state index contributed by atoms with van der Waals surface area (Å²) in [5.74, 6) is -0.382. The summed E-state index contributed by atoms with van der Waals surface area (Å²) in [5, 5.41) is 17.4. The molecule has 3 N–H and O–H groups in total. The zero-order chi connectivity index (χ0) is 28.4. The number of amides is 1. The van der Waals surface area contributed by atoms with Crippen LogP contribution in [0.1, 0.15) is 12.5 Å². The van der Waals surface area contributed by atoms with Crippen LogP contribution in [0, 0.1) is 11.6 Å². The molecule has 2 aromatic carbocycles. The molecule has 3 aromatic heterocycles. The molecule has 9 nitrogen and oxygen atoms in total. The van der Waals surface area contributed by atoms with Crippen LogP contribution in [-0.2, 0) is 11.3 Å². The number of nitrogens with one attached hydrogen (secondary N) is 2. The van der Waals surface area contributed by atoms with Crippen molar-refractivity contribution in [2.45, 2.75) is 13.5 Å². The Bertz CT molecular complexity index is 1700. The molecule has 40 heavy (non-hydrogen) atoms. The monoisotopic (exact) mass is 545 g/mol. The lowest BCUT2D eigenvalue weighted by molar-refractivity contribution is -0.114. The molecule has 0 bridgehead atoms. The highest BCUT2D eigenvalue weighted by atomic mass is 19.1. The minimum atomic E-state index is -0.776. The molecule has 0 atom stereocenters. The Balaban J connectivity index is 1.62. The van der Waals surface area contributed by atoms with E-state index in [0.29, 0.717) is 39.6 Å². The lowest BCUT2D eigenvalue weighted by Crippen LogP contribution is -2.06. The van der Waals surface area contributed by atoms with Gasteiger partial charge in [0.2, 0.25) is 11.8 Å². The number of carbonyl (C=O) groups excluding carboxylic acids is 1. The molecule has 0 saturated carbocycles. The number of rotatable bonds is 8. The Morgan fingerprint density at radius 3 is 2.48 bits per heavy atom. The third kappa shape index (κ3) is 5.21. The average molecular weight is 546 g/mol. The maximum Gasteiger partial charge on any atom is 0.221 e. The molecule has 0 aliphatic carbocycles. The Hall–Kier alpha value is -5.19. The van der Waals surface area contributed by atoms with Gasteiger partial charge in [-0.1, -0.05) is 6.07 Å². The summed E-state index contributed by atoms with van der Waals surface area (Å²) in [7, 11) is 3.09. The number of halogens is 2. The smallest absolute Gasteiger partial charge is 0.221 e. The van der Waals surface area contributed by atoms with Crippen molar-refractivity contribution in [1.82, 2.24) is 14.5 Å². The highest BCUT2D eigenvalue weighted by Gasteiger charge is 2.21. The predicted molar refractivity (Wildman–Crippen MR) is 147 cm³/mol. The van der Waals surface area contributed by atoms with Crippen molar-refractivity contribution in [2.24, 2.45) is 0 Å². The van der Waals surface area contributed by atoms with Crippen molar-refractivity contribution in [1.29, 1.82) is 0 Å². The van der Waals surface area contributed by atoms with Crippen molar-refractivity contribution in [3.05, 3.63) is 84.2 Å². The number of fused-ring (bicyclic) bond motifs is 1. The molecule has 0 radical (unpaired) electrons. The summed E-state index contributed by atoms with van der Waals surface area (Å²) in [6, 6.07) is 13.6. The second-order valence-corrected chi connectivity index (χ2v) is 8.91. The number of anilines is 3. The molecule has 11 heteroatoms. The molecule has 0 saturated heterocycles. The first kappa shape index (κ1) is 26.4. The largest absolute Gasteiger partial charge is 0.497 e. The summed E-state index contributed by atoms with van der Waals surface area (Å²) in [5.41, 5.74) is 1.59. The van der Waals surface area contributed by atoms with Gasteiger partial charge in [-0.2, -0.15) is 0 Å². The molecule has 0 unspecified atom stereocenters. The van der Waals surface area contributed by atoms with Gasteiger partial charge in [0.05, 0.1) is 60.5 Å². The molecule has 0 spiro atoms. The predicted octanol–water partition coefficient (Wildman–Crippen LogP) is 5.85. The molecule has 0 aliphatic heterocycles. The molecule has 0 aliphatic rings. The first-order chi connectivity index (χ1) is 19.3. The first-order valence-corrected chi connectivity index (χ1v) is 12.2. The number of benzene rings is 2. The number of ether oxygens (including phenoxy) is 2. The van der Waals surface area contributed by atoms with E-state index in [2.05, 4.69) is 20.6 Å². The van der Waals surface area contributed by atoms with Crippen LogP contribution in [0.25, 0.3) is 22.2 Å². The van der Waals surface area contributed by atoms with Crippen molar-refractivity contribution < 1.29 is 28.2 Å². The highest BCUT2D eigenvalue weighted by Crippen LogP contribution is 2.39. The van der Waals surface area contributed by atoms with E-state index in [4.69, 9.17) is 9.47 Å². The van der Waals surface area contributed by atoms with Gasteiger partial charge in [0, 0.05) is 24.8 Å². The summed E-state index contributed by atoms with van der Waals surface area (Å²) in [6.45, 7) is 1.60.